The molecule has 0 saturated carbocycles. The highest BCUT2D eigenvalue weighted by atomic mass is 16.5. The number of carbonyl (C=O) groups is 1. The van der Waals surface area contributed by atoms with Crippen molar-refractivity contribution in [1.82, 2.24) is 4.57 Å². The maximum atomic E-state index is 11.6. The van der Waals surface area contributed by atoms with Gasteiger partial charge in [0.25, 0.3) is 5.56 Å². The fourth-order valence-corrected chi connectivity index (χ4v) is 1.27. The van der Waals surface area contributed by atoms with Crippen molar-refractivity contribution in [3.63, 3.8) is 0 Å². The first kappa shape index (κ1) is 12.5. The number of esters is 1. The first-order chi connectivity index (χ1) is 7.54. The van der Waals surface area contributed by atoms with Crippen molar-refractivity contribution in [3.8, 4) is 0 Å². The summed E-state index contributed by atoms with van der Waals surface area (Å²) in [4.78, 5) is 23.1. The van der Waals surface area contributed by atoms with Gasteiger partial charge in [0, 0.05) is 11.8 Å². The van der Waals surface area contributed by atoms with Gasteiger partial charge in [0.2, 0.25) is 0 Å². The normalized spacial score (nSPS) is 12.2. The molecule has 0 N–H and O–H groups in total. The molecule has 4 heteroatoms. The van der Waals surface area contributed by atoms with Crippen LogP contribution in [0.5, 0.6) is 0 Å². The number of aromatic nitrogens is 1. The van der Waals surface area contributed by atoms with Gasteiger partial charge in [0.05, 0.1) is 6.10 Å². The van der Waals surface area contributed by atoms with Crippen LogP contribution in [0.2, 0.25) is 0 Å². The maximum Gasteiger partial charge on any atom is 0.326 e. The standard InChI is InChI=1S/C12H17NO3/c1-4-10(3)16-11(14)8-13-7-5-6-9(2)12(13)15/h5-7,10H,4,8H2,1-3H3. The quantitative estimate of drug-likeness (QED) is 0.727. The molecule has 0 bridgehead atoms. The number of aryl methyl sites for hydroxylation is 1. The highest BCUT2D eigenvalue weighted by molar-refractivity contribution is 5.69. The molecule has 1 atom stereocenters. The summed E-state index contributed by atoms with van der Waals surface area (Å²) in [5, 5.41) is 0. The van der Waals surface area contributed by atoms with Crippen LogP contribution in [-0.4, -0.2) is 16.6 Å². The molecule has 0 saturated heterocycles. The van der Waals surface area contributed by atoms with Crippen molar-refractivity contribution in [2.45, 2.75) is 39.8 Å². The van der Waals surface area contributed by atoms with Gasteiger partial charge in [-0.2, -0.15) is 0 Å². The molecule has 0 radical (unpaired) electrons. The van der Waals surface area contributed by atoms with Gasteiger partial charge in [-0.25, -0.2) is 0 Å². The minimum absolute atomic E-state index is 0.0230. The Balaban J connectivity index is 2.70. The van der Waals surface area contributed by atoms with E-state index in [1.165, 1.54) is 4.57 Å². The SMILES string of the molecule is CCC(C)OC(=O)Cn1cccc(C)c1=O. The van der Waals surface area contributed by atoms with Crippen LogP contribution in [0.3, 0.4) is 0 Å². The Bertz CT molecular complexity index is 423. The average Bonchev–Trinajstić information content (AvgIpc) is 2.24. The molecule has 0 spiro atoms. The fraction of sp³-hybridized carbons (Fsp3) is 0.500. The van der Waals surface area contributed by atoms with E-state index in [-0.39, 0.29) is 24.2 Å². The third kappa shape index (κ3) is 3.22. The van der Waals surface area contributed by atoms with Crippen molar-refractivity contribution < 1.29 is 9.53 Å². The molecule has 0 aliphatic carbocycles. The van der Waals surface area contributed by atoms with Crippen LogP contribution >= 0.6 is 0 Å². The Morgan fingerprint density at radius 1 is 1.56 bits per heavy atom. The Labute approximate surface area is 94.9 Å². The Hall–Kier alpha value is -1.58. The van der Waals surface area contributed by atoms with Gasteiger partial charge < -0.3 is 9.30 Å². The van der Waals surface area contributed by atoms with E-state index in [1.807, 2.05) is 13.8 Å². The van der Waals surface area contributed by atoms with E-state index < -0.39 is 0 Å². The van der Waals surface area contributed by atoms with E-state index in [4.69, 9.17) is 4.74 Å². The number of carbonyl (C=O) groups excluding carboxylic acids is 1. The molecule has 0 aliphatic rings. The van der Waals surface area contributed by atoms with Gasteiger partial charge in [-0.3, -0.25) is 9.59 Å². The number of hydrogen-bond donors (Lipinski definition) is 0. The van der Waals surface area contributed by atoms with E-state index in [0.29, 0.717) is 5.56 Å². The molecule has 1 heterocycles. The topological polar surface area (TPSA) is 48.3 Å². The van der Waals surface area contributed by atoms with Crippen molar-refractivity contribution in [3.05, 3.63) is 34.2 Å². The summed E-state index contributed by atoms with van der Waals surface area (Å²) in [5.41, 5.74) is 0.474. The number of hydrogen-bond acceptors (Lipinski definition) is 3. The first-order valence-corrected chi connectivity index (χ1v) is 5.40. The molecule has 0 amide bonds. The summed E-state index contributed by atoms with van der Waals surface area (Å²) in [6, 6.07) is 3.46. The van der Waals surface area contributed by atoms with Gasteiger partial charge in [0.1, 0.15) is 6.54 Å². The van der Waals surface area contributed by atoms with Gasteiger partial charge in [-0.15, -0.1) is 0 Å². The third-order valence-corrected chi connectivity index (χ3v) is 2.42. The smallest absolute Gasteiger partial charge is 0.326 e. The molecular weight excluding hydrogens is 206 g/mol. The zero-order valence-corrected chi connectivity index (χ0v) is 9.90. The van der Waals surface area contributed by atoms with Crippen LogP contribution in [-0.2, 0) is 16.1 Å². The summed E-state index contributed by atoms with van der Waals surface area (Å²) in [5.74, 6) is -0.373. The van der Waals surface area contributed by atoms with Crippen LogP contribution in [0.1, 0.15) is 25.8 Å². The summed E-state index contributed by atoms with van der Waals surface area (Å²) in [7, 11) is 0. The second-order valence-electron chi connectivity index (χ2n) is 3.83. The monoisotopic (exact) mass is 223 g/mol. The van der Waals surface area contributed by atoms with Gasteiger partial charge in [-0.05, 0) is 26.3 Å². The minimum Gasteiger partial charge on any atom is -0.461 e. The van der Waals surface area contributed by atoms with Gasteiger partial charge in [0.15, 0.2) is 0 Å². The van der Waals surface area contributed by atoms with Crippen molar-refractivity contribution in [1.29, 1.82) is 0 Å². The molecular formula is C12H17NO3. The average molecular weight is 223 g/mol. The van der Waals surface area contributed by atoms with Crippen LogP contribution in [0.25, 0.3) is 0 Å². The number of pyridine rings is 1. The molecule has 1 aromatic rings. The zero-order chi connectivity index (χ0) is 12.1. The predicted octanol–water partition coefficient (Wildman–Crippen LogP) is 1.50. The third-order valence-electron chi connectivity index (χ3n) is 2.42. The molecule has 1 unspecified atom stereocenters. The second kappa shape index (κ2) is 5.49. The Kier molecular flexibility index (Phi) is 4.28. The second-order valence-corrected chi connectivity index (χ2v) is 3.83. The number of nitrogens with zero attached hydrogens (tertiary/aromatic N) is 1. The lowest BCUT2D eigenvalue weighted by atomic mass is 10.3. The largest absolute Gasteiger partial charge is 0.461 e. The highest BCUT2D eigenvalue weighted by Crippen LogP contribution is 1.98. The lowest BCUT2D eigenvalue weighted by molar-refractivity contribution is -0.149. The van der Waals surface area contributed by atoms with Crippen LogP contribution in [0, 0.1) is 6.92 Å². The van der Waals surface area contributed by atoms with Crippen LogP contribution in [0.4, 0.5) is 0 Å². The molecule has 0 aromatic carbocycles. The molecule has 16 heavy (non-hydrogen) atoms. The van der Waals surface area contributed by atoms with E-state index in [9.17, 15) is 9.59 Å². The van der Waals surface area contributed by atoms with Crippen molar-refractivity contribution >= 4 is 5.97 Å². The van der Waals surface area contributed by atoms with Gasteiger partial charge >= 0.3 is 5.97 Å². The van der Waals surface area contributed by atoms with E-state index in [1.54, 1.807) is 25.3 Å². The Morgan fingerprint density at radius 3 is 2.88 bits per heavy atom. The fourth-order valence-electron chi connectivity index (χ4n) is 1.27. The summed E-state index contributed by atoms with van der Waals surface area (Å²) in [6.07, 6.45) is 2.26. The maximum absolute atomic E-state index is 11.6. The van der Waals surface area contributed by atoms with E-state index in [0.717, 1.165) is 6.42 Å². The molecule has 4 nitrogen and oxygen atoms in total. The zero-order valence-electron chi connectivity index (χ0n) is 9.90. The van der Waals surface area contributed by atoms with Crippen LogP contribution < -0.4 is 5.56 Å². The lowest BCUT2D eigenvalue weighted by Crippen LogP contribution is -2.27. The van der Waals surface area contributed by atoms with E-state index >= 15 is 0 Å². The number of rotatable bonds is 4. The van der Waals surface area contributed by atoms with Crippen LogP contribution in [0.15, 0.2) is 23.1 Å². The summed E-state index contributed by atoms with van der Waals surface area (Å²) in [6.45, 7) is 5.47. The Morgan fingerprint density at radius 2 is 2.25 bits per heavy atom. The summed E-state index contributed by atoms with van der Waals surface area (Å²) >= 11 is 0. The minimum atomic E-state index is -0.373. The summed E-state index contributed by atoms with van der Waals surface area (Å²) < 4.78 is 6.46. The van der Waals surface area contributed by atoms with E-state index in [2.05, 4.69) is 0 Å². The molecule has 1 aromatic heterocycles. The highest BCUT2D eigenvalue weighted by Gasteiger charge is 2.09. The molecule has 0 fully saturated rings. The first-order valence-electron chi connectivity index (χ1n) is 5.40. The van der Waals surface area contributed by atoms with Gasteiger partial charge in [-0.1, -0.05) is 13.0 Å². The predicted molar refractivity (Wildman–Crippen MR) is 61.3 cm³/mol. The number of ether oxygens (including phenoxy) is 1. The van der Waals surface area contributed by atoms with Crippen molar-refractivity contribution in [2.24, 2.45) is 0 Å². The molecule has 1 rings (SSSR count). The molecule has 88 valence electrons. The molecule has 0 aliphatic heterocycles. The van der Waals surface area contributed by atoms with Crippen molar-refractivity contribution in [2.75, 3.05) is 0 Å². The lowest BCUT2D eigenvalue weighted by Gasteiger charge is -2.11.